The smallest absolute Gasteiger partial charge is 0.0104 e. The van der Waals surface area contributed by atoms with Crippen molar-refractivity contribution in [2.45, 2.75) is 27.2 Å². The van der Waals surface area contributed by atoms with Crippen LogP contribution >= 0.6 is 0 Å². The lowest BCUT2D eigenvalue weighted by Gasteiger charge is -2.17. The second-order valence-corrected chi connectivity index (χ2v) is 3.84. The quantitative estimate of drug-likeness (QED) is 0.586. The van der Waals surface area contributed by atoms with Crippen LogP contribution in [0, 0.1) is 5.92 Å². The van der Waals surface area contributed by atoms with Crippen molar-refractivity contribution in [3.63, 3.8) is 0 Å². The van der Waals surface area contributed by atoms with Gasteiger partial charge in [0.1, 0.15) is 0 Å². The van der Waals surface area contributed by atoms with Crippen LogP contribution in [0.2, 0.25) is 0 Å². The van der Waals surface area contributed by atoms with E-state index in [2.05, 4.69) is 38.0 Å². The second-order valence-electron chi connectivity index (χ2n) is 3.84. The molecule has 0 aromatic carbocycles. The zero-order chi connectivity index (χ0) is 9.40. The minimum atomic E-state index is 0.826. The van der Waals surface area contributed by atoms with Gasteiger partial charge in [0.05, 0.1) is 0 Å². The van der Waals surface area contributed by atoms with Crippen molar-refractivity contribution >= 4 is 0 Å². The van der Waals surface area contributed by atoms with Crippen molar-refractivity contribution in [2.24, 2.45) is 5.92 Å². The van der Waals surface area contributed by atoms with Crippen molar-refractivity contribution in [2.75, 3.05) is 33.2 Å². The topological polar surface area (TPSA) is 15.3 Å². The number of hydrogen-bond acceptors (Lipinski definition) is 2. The molecule has 0 aliphatic rings. The maximum Gasteiger partial charge on any atom is 0.0104 e. The van der Waals surface area contributed by atoms with Crippen LogP contribution in [0.5, 0.6) is 0 Å². The lowest BCUT2D eigenvalue weighted by molar-refractivity contribution is 0.310. The SMILES string of the molecule is CCNCCN(C)CCC(C)C. The molecule has 0 fully saturated rings. The molecular weight excluding hydrogens is 148 g/mol. The van der Waals surface area contributed by atoms with Crippen LogP contribution in [-0.4, -0.2) is 38.1 Å². The van der Waals surface area contributed by atoms with E-state index >= 15 is 0 Å². The number of nitrogens with one attached hydrogen (secondary N) is 1. The Morgan fingerprint density at radius 1 is 1.25 bits per heavy atom. The Bertz CT molecular complexity index is 91.8. The van der Waals surface area contributed by atoms with Gasteiger partial charge in [0.2, 0.25) is 0 Å². The van der Waals surface area contributed by atoms with E-state index < -0.39 is 0 Å². The van der Waals surface area contributed by atoms with E-state index in [9.17, 15) is 0 Å². The molecule has 0 saturated carbocycles. The van der Waals surface area contributed by atoms with Crippen molar-refractivity contribution in [1.82, 2.24) is 10.2 Å². The minimum absolute atomic E-state index is 0.826. The first kappa shape index (κ1) is 11.9. The summed E-state index contributed by atoms with van der Waals surface area (Å²) in [5.74, 6) is 0.826. The number of nitrogens with zero attached hydrogens (tertiary/aromatic N) is 1. The molecule has 0 bridgehead atoms. The third-order valence-corrected chi connectivity index (χ3v) is 2.01. The first-order valence-electron chi connectivity index (χ1n) is 5.06. The third-order valence-electron chi connectivity index (χ3n) is 2.01. The minimum Gasteiger partial charge on any atom is -0.316 e. The lowest BCUT2D eigenvalue weighted by atomic mass is 10.1. The van der Waals surface area contributed by atoms with Gasteiger partial charge in [-0.3, -0.25) is 0 Å². The van der Waals surface area contributed by atoms with E-state index in [1.165, 1.54) is 19.5 Å². The molecule has 0 rings (SSSR count). The van der Waals surface area contributed by atoms with Crippen molar-refractivity contribution < 1.29 is 0 Å². The summed E-state index contributed by atoms with van der Waals surface area (Å²) in [4.78, 5) is 2.39. The Morgan fingerprint density at radius 3 is 2.42 bits per heavy atom. The van der Waals surface area contributed by atoms with E-state index in [1.54, 1.807) is 0 Å². The molecule has 0 unspecified atom stereocenters. The normalized spacial score (nSPS) is 11.5. The summed E-state index contributed by atoms with van der Waals surface area (Å²) in [6, 6.07) is 0. The van der Waals surface area contributed by atoms with Crippen LogP contribution in [0.15, 0.2) is 0 Å². The molecule has 0 aliphatic carbocycles. The molecule has 0 aromatic rings. The summed E-state index contributed by atoms with van der Waals surface area (Å²) in [7, 11) is 2.19. The highest BCUT2D eigenvalue weighted by atomic mass is 15.1. The Labute approximate surface area is 77.3 Å². The number of hydrogen-bond donors (Lipinski definition) is 1. The molecule has 0 atom stereocenters. The van der Waals surface area contributed by atoms with Crippen LogP contribution < -0.4 is 5.32 Å². The van der Waals surface area contributed by atoms with Crippen LogP contribution in [0.25, 0.3) is 0 Å². The highest BCUT2D eigenvalue weighted by Gasteiger charge is 1.98. The Morgan fingerprint density at radius 2 is 1.92 bits per heavy atom. The molecule has 0 heterocycles. The Hall–Kier alpha value is -0.0800. The molecule has 0 amide bonds. The fourth-order valence-corrected chi connectivity index (χ4v) is 1.04. The van der Waals surface area contributed by atoms with Gasteiger partial charge in [-0.2, -0.15) is 0 Å². The maximum atomic E-state index is 3.33. The van der Waals surface area contributed by atoms with E-state index in [-0.39, 0.29) is 0 Å². The standard InChI is InChI=1S/C10H24N2/c1-5-11-7-9-12(4)8-6-10(2)3/h10-11H,5-9H2,1-4H3. The fourth-order valence-electron chi connectivity index (χ4n) is 1.04. The van der Waals surface area contributed by atoms with Gasteiger partial charge in [-0.1, -0.05) is 20.8 Å². The maximum absolute atomic E-state index is 3.33. The highest BCUT2D eigenvalue weighted by molar-refractivity contribution is 4.55. The van der Waals surface area contributed by atoms with Crippen LogP contribution in [0.4, 0.5) is 0 Å². The average molecular weight is 172 g/mol. The molecular formula is C10H24N2. The molecule has 74 valence electrons. The summed E-state index contributed by atoms with van der Waals surface area (Å²) in [6.45, 7) is 11.3. The number of likely N-dealkylation sites (N-methyl/N-ethyl adjacent to an activating group) is 2. The summed E-state index contributed by atoms with van der Waals surface area (Å²) >= 11 is 0. The number of rotatable bonds is 7. The summed E-state index contributed by atoms with van der Waals surface area (Å²) < 4.78 is 0. The predicted octanol–water partition coefficient (Wildman–Crippen LogP) is 1.57. The Kier molecular flexibility index (Phi) is 7.51. The first-order valence-corrected chi connectivity index (χ1v) is 5.06. The van der Waals surface area contributed by atoms with Crippen LogP contribution in [-0.2, 0) is 0 Å². The van der Waals surface area contributed by atoms with Gasteiger partial charge < -0.3 is 10.2 Å². The van der Waals surface area contributed by atoms with Crippen LogP contribution in [0.3, 0.4) is 0 Å². The molecule has 0 radical (unpaired) electrons. The molecule has 2 nitrogen and oxygen atoms in total. The predicted molar refractivity (Wildman–Crippen MR) is 55.5 cm³/mol. The largest absolute Gasteiger partial charge is 0.316 e. The monoisotopic (exact) mass is 172 g/mol. The average Bonchev–Trinajstić information content (AvgIpc) is 2.01. The highest BCUT2D eigenvalue weighted by Crippen LogP contribution is 1.99. The lowest BCUT2D eigenvalue weighted by Crippen LogP contribution is -2.30. The van der Waals surface area contributed by atoms with E-state index in [0.717, 1.165) is 19.0 Å². The molecule has 0 spiro atoms. The zero-order valence-corrected chi connectivity index (χ0v) is 9.06. The second kappa shape index (κ2) is 7.56. The van der Waals surface area contributed by atoms with Crippen molar-refractivity contribution in [3.8, 4) is 0 Å². The van der Waals surface area contributed by atoms with Gasteiger partial charge in [-0.05, 0) is 32.5 Å². The third kappa shape index (κ3) is 8.02. The molecule has 1 N–H and O–H groups in total. The first-order chi connectivity index (χ1) is 5.66. The molecule has 0 aliphatic heterocycles. The van der Waals surface area contributed by atoms with Gasteiger partial charge in [0, 0.05) is 13.1 Å². The van der Waals surface area contributed by atoms with Gasteiger partial charge >= 0.3 is 0 Å². The van der Waals surface area contributed by atoms with Crippen molar-refractivity contribution in [1.29, 1.82) is 0 Å². The van der Waals surface area contributed by atoms with Gasteiger partial charge in [0.25, 0.3) is 0 Å². The summed E-state index contributed by atoms with van der Waals surface area (Å²) in [5, 5.41) is 3.33. The van der Waals surface area contributed by atoms with E-state index in [1.807, 2.05) is 0 Å². The molecule has 2 heteroatoms. The van der Waals surface area contributed by atoms with Gasteiger partial charge in [-0.25, -0.2) is 0 Å². The van der Waals surface area contributed by atoms with Crippen LogP contribution in [0.1, 0.15) is 27.2 Å². The fraction of sp³-hybridized carbons (Fsp3) is 1.00. The summed E-state index contributed by atoms with van der Waals surface area (Å²) in [6.07, 6.45) is 1.31. The van der Waals surface area contributed by atoms with Crippen molar-refractivity contribution in [3.05, 3.63) is 0 Å². The van der Waals surface area contributed by atoms with E-state index in [0.29, 0.717) is 0 Å². The Balaban J connectivity index is 3.15. The van der Waals surface area contributed by atoms with E-state index in [4.69, 9.17) is 0 Å². The van der Waals surface area contributed by atoms with Gasteiger partial charge in [-0.15, -0.1) is 0 Å². The molecule has 0 aromatic heterocycles. The zero-order valence-electron chi connectivity index (χ0n) is 9.06. The summed E-state index contributed by atoms with van der Waals surface area (Å²) in [5.41, 5.74) is 0. The molecule has 0 saturated heterocycles. The van der Waals surface area contributed by atoms with Gasteiger partial charge in [0.15, 0.2) is 0 Å². The molecule has 12 heavy (non-hydrogen) atoms.